The van der Waals surface area contributed by atoms with Crippen LogP contribution in [0.5, 0.6) is 0 Å². The van der Waals surface area contributed by atoms with Gasteiger partial charge in [0.25, 0.3) is 0 Å². The number of aliphatic hydroxyl groups is 1. The lowest BCUT2D eigenvalue weighted by Crippen LogP contribution is -2.20. The van der Waals surface area contributed by atoms with Gasteiger partial charge in [-0.15, -0.1) is 0 Å². The molecule has 0 aromatic heterocycles. The molecule has 1 aliphatic heterocycles. The number of hydrogen-bond donors (Lipinski definition) is 2. The molecule has 0 saturated carbocycles. The average molecular weight is 181 g/mol. The first kappa shape index (κ1) is 8.66. The Balaban J connectivity index is 2.24. The van der Waals surface area contributed by atoms with Crippen LogP contribution in [0.15, 0.2) is 24.3 Å². The average Bonchev–Trinajstić information content (AvgIpc) is 2.51. The van der Waals surface area contributed by atoms with Crippen LogP contribution in [0, 0.1) is 5.82 Å². The van der Waals surface area contributed by atoms with Gasteiger partial charge >= 0.3 is 0 Å². The summed E-state index contributed by atoms with van der Waals surface area (Å²) in [6.07, 6.45) is 0.350. The summed E-state index contributed by atoms with van der Waals surface area (Å²) >= 11 is 0. The number of rotatable bonds is 1. The van der Waals surface area contributed by atoms with Crippen LogP contribution >= 0.6 is 0 Å². The highest BCUT2D eigenvalue weighted by molar-refractivity contribution is 5.22. The number of benzene rings is 1. The van der Waals surface area contributed by atoms with Crippen molar-refractivity contribution in [2.75, 3.05) is 6.54 Å². The molecule has 0 aliphatic carbocycles. The van der Waals surface area contributed by atoms with Gasteiger partial charge in [0.2, 0.25) is 0 Å². The van der Waals surface area contributed by atoms with E-state index in [1.807, 2.05) is 6.07 Å². The molecule has 1 fully saturated rings. The minimum Gasteiger partial charge on any atom is -0.391 e. The van der Waals surface area contributed by atoms with Crippen molar-refractivity contribution >= 4 is 0 Å². The Kier molecular flexibility index (Phi) is 2.29. The van der Waals surface area contributed by atoms with E-state index in [4.69, 9.17) is 0 Å². The highest BCUT2D eigenvalue weighted by Gasteiger charge is 2.25. The quantitative estimate of drug-likeness (QED) is 0.682. The van der Waals surface area contributed by atoms with E-state index in [-0.39, 0.29) is 18.0 Å². The fourth-order valence-corrected chi connectivity index (χ4v) is 1.73. The van der Waals surface area contributed by atoms with Crippen molar-refractivity contribution in [1.82, 2.24) is 5.32 Å². The zero-order chi connectivity index (χ0) is 9.26. The van der Waals surface area contributed by atoms with Gasteiger partial charge in [-0.3, -0.25) is 0 Å². The van der Waals surface area contributed by atoms with Gasteiger partial charge in [-0.1, -0.05) is 12.1 Å². The molecule has 1 saturated heterocycles. The molecule has 1 aromatic carbocycles. The molecule has 2 N–H and O–H groups in total. The predicted molar refractivity (Wildman–Crippen MR) is 47.8 cm³/mol. The number of hydrogen-bond acceptors (Lipinski definition) is 2. The summed E-state index contributed by atoms with van der Waals surface area (Å²) in [6.45, 7) is 0.794. The van der Waals surface area contributed by atoms with Gasteiger partial charge in [0, 0.05) is 0 Å². The minimum absolute atomic E-state index is 0.101. The molecule has 2 rings (SSSR count). The molecule has 0 radical (unpaired) electrons. The highest BCUT2D eigenvalue weighted by Crippen LogP contribution is 2.23. The zero-order valence-corrected chi connectivity index (χ0v) is 7.20. The first-order valence-electron chi connectivity index (χ1n) is 4.44. The van der Waals surface area contributed by atoms with Crippen molar-refractivity contribution in [3.8, 4) is 0 Å². The third kappa shape index (κ3) is 1.71. The Hall–Kier alpha value is -0.930. The molecule has 70 valence electrons. The van der Waals surface area contributed by atoms with Crippen LogP contribution in [0.2, 0.25) is 0 Å². The van der Waals surface area contributed by atoms with E-state index in [0.29, 0.717) is 0 Å². The SMILES string of the molecule is OC1CCNC1c1cccc(F)c1. The predicted octanol–water partition coefficient (Wildman–Crippen LogP) is 1.22. The molecule has 3 heteroatoms. The summed E-state index contributed by atoms with van der Waals surface area (Å²) in [5.41, 5.74) is 0.824. The Bertz CT molecular complexity index is 303. The Morgan fingerprint density at radius 1 is 1.46 bits per heavy atom. The van der Waals surface area contributed by atoms with E-state index in [1.165, 1.54) is 12.1 Å². The Morgan fingerprint density at radius 3 is 2.92 bits per heavy atom. The maximum atomic E-state index is 12.8. The lowest BCUT2D eigenvalue weighted by molar-refractivity contribution is 0.160. The fourth-order valence-electron chi connectivity index (χ4n) is 1.73. The van der Waals surface area contributed by atoms with Crippen LogP contribution in [0.3, 0.4) is 0 Å². The second-order valence-electron chi connectivity index (χ2n) is 3.34. The topological polar surface area (TPSA) is 32.3 Å². The lowest BCUT2D eigenvalue weighted by Gasteiger charge is -2.14. The van der Waals surface area contributed by atoms with Crippen molar-refractivity contribution in [3.05, 3.63) is 35.6 Å². The lowest BCUT2D eigenvalue weighted by atomic mass is 10.0. The maximum absolute atomic E-state index is 12.8. The number of aliphatic hydroxyl groups excluding tert-OH is 1. The fraction of sp³-hybridized carbons (Fsp3) is 0.400. The Labute approximate surface area is 76.4 Å². The van der Waals surface area contributed by atoms with Crippen molar-refractivity contribution in [2.24, 2.45) is 0 Å². The van der Waals surface area contributed by atoms with Crippen molar-refractivity contribution in [2.45, 2.75) is 18.6 Å². The van der Waals surface area contributed by atoms with Crippen LogP contribution in [0.1, 0.15) is 18.0 Å². The molecular weight excluding hydrogens is 169 g/mol. The van der Waals surface area contributed by atoms with E-state index >= 15 is 0 Å². The normalized spacial score (nSPS) is 27.8. The summed E-state index contributed by atoms with van der Waals surface area (Å²) in [6, 6.07) is 6.26. The zero-order valence-electron chi connectivity index (χ0n) is 7.20. The van der Waals surface area contributed by atoms with Gasteiger partial charge in [0.05, 0.1) is 12.1 Å². The summed E-state index contributed by atoms with van der Waals surface area (Å²) < 4.78 is 12.8. The van der Waals surface area contributed by atoms with Gasteiger partial charge in [-0.2, -0.15) is 0 Å². The van der Waals surface area contributed by atoms with Crippen molar-refractivity contribution in [3.63, 3.8) is 0 Å². The van der Waals surface area contributed by atoms with Crippen molar-refractivity contribution < 1.29 is 9.50 Å². The highest BCUT2D eigenvalue weighted by atomic mass is 19.1. The molecule has 0 bridgehead atoms. The molecule has 0 spiro atoms. The minimum atomic E-state index is -0.387. The smallest absolute Gasteiger partial charge is 0.123 e. The first-order chi connectivity index (χ1) is 6.27. The summed E-state index contributed by atoms with van der Waals surface area (Å²) in [5.74, 6) is -0.251. The molecule has 2 unspecified atom stereocenters. The van der Waals surface area contributed by atoms with Crippen LogP contribution in [-0.2, 0) is 0 Å². The van der Waals surface area contributed by atoms with E-state index < -0.39 is 0 Å². The van der Waals surface area contributed by atoms with E-state index in [0.717, 1.165) is 18.5 Å². The third-order valence-electron chi connectivity index (χ3n) is 2.40. The van der Waals surface area contributed by atoms with Gasteiger partial charge in [0.15, 0.2) is 0 Å². The molecule has 1 aromatic rings. The largest absolute Gasteiger partial charge is 0.391 e. The standard InChI is InChI=1S/C10H12FNO/c11-8-3-1-2-7(6-8)10-9(13)4-5-12-10/h1-3,6,9-10,12-13H,4-5H2. The van der Waals surface area contributed by atoms with Gasteiger partial charge in [0.1, 0.15) is 5.82 Å². The molecular formula is C10H12FNO. The van der Waals surface area contributed by atoms with Gasteiger partial charge in [-0.25, -0.2) is 4.39 Å². The van der Waals surface area contributed by atoms with E-state index in [9.17, 15) is 9.50 Å². The number of halogens is 1. The second-order valence-corrected chi connectivity index (χ2v) is 3.34. The molecule has 1 heterocycles. The van der Waals surface area contributed by atoms with Gasteiger partial charge in [-0.05, 0) is 30.7 Å². The van der Waals surface area contributed by atoms with Crippen LogP contribution in [0.25, 0.3) is 0 Å². The summed E-state index contributed by atoms with van der Waals surface area (Å²) in [5, 5.41) is 12.7. The molecule has 0 amide bonds. The van der Waals surface area contributed by atoms with Crippen LogP contribution < -0.4 is 5.32 Å². The molecule has 2 atom stereocenters. The monoisotopic (exact) mass is 181 g/mol. The van der Waals surface area contributed by atoms with Crippen molar-refractivity contribution in [1.29, 1.82) is 0 Å². The first-order valence-corrected chi connectivity index (χ1v) is 4.44. The molecule has 13 heavy (non-hydrogen) atoms. The second kappa shape index (κ2) is 3.44. The van der Waals surface area contributed by atoms with E-state index in [1.54, 1.807) is 6.07 Å². The van der Waals surface area contributed by atoms with Crippen LogP contribution in [0.4, 0.5) is 4.39 Å². The molecule has 1 aliphatic rings. The Morgan fingerprint density at radius 2 is 2.31 bits per heavy atom. The summed E-state index contributed by atoms with van der Waals surface area (Å²) in [4.78, 5) is 0. The third-order valence-corrected chi connectivity index (χ3v) is 2.40. The number of nitrogens with one attached hydrogen (secondary N) is 1. The summed E-state index contributed by atoms with van der Waals surface area (Å²) in [7, 11) is 0. The maximum Gasteiger partial charge on any atom is 0.123 e. The van der Waals surface area contributed by atoms with E-state index in [2.05, 4.69) is 5.32 Å². The van der Waals surface area contributed by atoms with Crippen LogP contribution in [-0.4, -0.2) is 17.8 Å². The molecule has 2 nitrogen and oxygen atoms in total. The van der Waals surface area contributed by atoms with Gasteiger partial charge < -0.3 is 10.4 Å².